The molecule has 10 heteroatoms. The van der Waals surface area contributed by atoms with Crippen LogP contribution in [0.5, 0.6) is 5.75 Å². The Morgan fingerprint density at radius 1 is 1.16 bits per heavy atom. The Morgan fingerprint density at radius 2 is 1.81 bits per heavy atom. The summed E-state index contributed by atoms with van der Waals surface area (Å²) in [5.74, 6) is 0.274. The monoisotopic (exact) mass is 470 g/mol. The molecule has 0 fully saturated rings. The Kier molecular flexibility index (Phi) is 9.55. The molecule has 0 saturated heterocycles. The number of fused-ring (bicyclic) bond motifs is 1. The van der Waals surface area contributed by atoms with E-state index >= 15 is 0 Å². The van der Waals surface area contributed by atoms with Crippen molar-refractivity contribution in [2.45, 2.75) is 46.7 Å². The van der Waals surface area contributed by atoms with Gasteiger partial charge in [0.1, 0.15) is 18.1 Å². The average Bonchev–Trinajstić information content (AvgIpc) is 2.76. The van der Waals surface area contributed by atoms with Crippen LogP contribution in [0.3, 0.4) is 0 Å². The Bertz CT molecular complexity index is 836. The van der Waals surface area contributed by atoms with Gasteiger partial charge in [0.15, 0.2) is 0 Å². The quantitative estimate of drug-likeness (QED) is 0.378. The molecule has 9 nitrogen and oxygen atoms in total. The zero-order valence-electron chi connectivity index (χ0n) is 19.8. The van der Waals surface area contributed by atoms with Crippen molar-refractivity contribution in [1.29, 1.82) is 0 Å². The molecule has 0 saturated carbocycles. The molecular formula is C22H35N2O7P. The summed E-state index contributed by atoms with van der Waals surface area (Å²) in [5, 5.41) is 0. The van der Waals surface area contributed by atoms with Gasteiger partial charge in [-0.25, -0.2) is 9.59 Å². The summed E-state index contributed by atoms with van der Waals surface area (Å²) in [7, 11) is -0.642. The smallest absolute Gasteiger partial charge is 0.349 e. The number of benzene rings is 1. The maximum Gasteiger partial charge on any atom is 0.349 e. The molecule has 0 unspecified atom stereocenters. The molecule has 0 spiro atoms. The van der Waals surface area contributed by atoms with Crippen LogP contribution in [0.15, 0.2) is 18.2 Å². The van der Waals surface area contributed by atoms with Crippen molar-refractivity contribution in [2.75, 3.05) is 40.3 Å². The molecule has 1 atom stereocenters. The van der Waals surface area contributed by atoms with Gasteiger partial charge in [0.25, 0.3) is 0 Å². The van der Waals surface area contributed by atoms with Crippen molar-refractivity contribution in [3.05, 3.63) is 29.3 Å². The molecule has 1 aliphatic heterocycles. The summed E-state index contributed by atoms with van der Waals surface area (Å²) in [5.41, 5.74) is 1.84. The van der Waals surface area contributed by atoms with E-state index in [1.165, 1.54) is 16.9 Å². The van der Waals surface area contributed by atoms with E-state index < -0.39 is 25.6 Å². The number of rotatable bonds is 10. The highest BCUT2D eigenvalue weighted by atomic mass is 31.2. The summed E-state index contributed by atoms with van der Waals surface area (Å²) in [6.45, 7) is 8.30. The normalized spacial score (nSPS) is 16.0. The predicted octanol–water partition coefficient (Wildman–Crippen LogP) is 3.90. The van der Waals surface area contributed by atoms with E-state index in [0.717, 1.165) is 11.1 Å². The number of hydrogen-bond acceptors (Lipinski definition) is 7. The van der Waals surface area contributed by atoms with Crippen LogP contribution in [0.1, 0.15) is 38.8 Å². The summed E-state index contributed by atoms with van der Waals surface area (Å²) >= 11 is 0. The van der Waals surface area contributed by atoms with Gasteiger partial charge in [0, 0.05) is 19.5 Å². The molecule has 0 aromatic heterocycles. The van der Waals surface area contributed by atoms with Crippen LogP contribution >= 0.6 is 7.60 Å². The fraction of sp³-hybridized carbons (Fsp3) is 0.636. The molecule has 180 valence electrons. The van der Waals surface area contributed by atoms with Crippen LogP contribution in [-0.4, -0.2) is 68.1 Å². The number of amides is 2. The van der Waals surface area contributed by atoms with Crippen molar-refractivity contribution in [3.63, 3.8) is 0 Å². The molecule has 0 N–H and O–H groups in total. The summed E-state index contributed by atoms with van der Waals surface area (Å²) in [4.78, 5) is 29.2. The van der Waals surface area contributed by atoms with E-state index in [-0.39, 0.29) is 32.0 Å². The highest BCUT2D eigenvalue weighted by Crippen LogP contribution is 2.49. The van der Waals surface area contributed by atoms with Gasteiger partial charge in [-0.2, -0.15) is 0 Å². The molecule has 1 heterocycles. The van der Waals surface area contributed by atoms with Gasteiger partial charge in [-0.15, -0.1) is 0 Å². The standard InChI is InChI=1S/C22H35N2O7P/c1-7-30-32(27,31-8-2)15-23(13-16(3)4)22(26)24-14-18-11-19(28-5)10-9-17(18)12-20(24)21(25)29-6/h9-11,16,20H,7-8,12-15H2,1-6H3/t20-/m0/s1. The Morgan fingerprint density at radius 3 is 2.34 bits per heavy atom. The van der Waals surface area contributed by atoms with Gasteiger partial charge in [-0.3, -0.25) is 4.57 Å². The van der Waals surface area contributed by atoms with Gasteiger partial charge in [0.05, 0.1) is 27.4 Å². The third-order valence-corrected chi connectivity index (χ3v) is 7.11. The van der Waals surface area contributed by atoms with E-state index in [2.05, 4.69) is 0 Å². The molecule has 2 amide bonds. The van der Waals surface area contributed by atoms with Crippen LogP contribution in [-0.2, 0) is 36.1 Å². The summed E-state index contributed by atoms with van der Waals surface area (Å²) < 4.78 is 34.3. The van der Waals surface area contributed by atoms with E-state index in [4.69, 9.17) is 18.5 Å². The number of ether oxygens (including phenoxy) is 2. The van der Waals surface area contributed by atoms with Crippen molar-refractivity contribution in [1.82, 2.24) is 9.80 Å². The van der Waals surface area contributed by atoms with Crippen LogP contribution in [0.25, 0.3) is 0 Å². The lowest BCUT2D eigenvalue weighted by Gasteiger charge is -2.39. The van der Waals surface area contributed by atoms with Crippen LogP contribution in [0.2, 0.25) is 0 Å². The molecular weight excluding hydrogens is 435 g/mol. The highest BCUT2D eigenvalue weighted by molar-refractivity contribution is 7.53. The molecule has 32 heavy (non-hydrogen) atoms. The lowest BCUT2D eigenvalue weighted by molar-refractivity contribution is -0.146. The molecule has 2 rings (SSSR count). The average molecular weight is 471 g/mol. The fourth-order valence-electron chi connectivity index (χ4n) is 3.78. The minimum Gasteiger partial charge on any atom is -0.497 e. The SMILES string of the molecule is CCOP(=O)(CN(CC(C)C)C(=O)N1Cc2cc(OC)ccc2C[C@H]1C(=O)OC)OCC. The topological polar surface area (TPSA) is 94.6 Å². The number of carbonyl (C=O) groups is 2. The van der Waals surface area contributed by atoms with Crippen LogP contribution in [0, 0.1) is 5.92 Å². The van der Waals surface area contributed by atoms with Gasteiger partial charge >= 0.3 is 19.6 Å². The number of nitrogens with zero attached hydrogens (tertiary/aromatic N) is 2. The van der Waals surface area contributed by atoms with Crippen molar-refractivity contribution >= 4 is 19.6 Å². The number of methoxy groups -OCH3 is 2. The van der Waals surface area contributed by atoms with Crippen molar-refractivity contribution in [3.8, 4) is 5.75 Å². The molecule has 1 aromatic carbocycles. The van der Waals surface area contributed by atoms with E-state index in [1.807, 2.05) is 32.0 Å². The predicted molar refractivity (Wildman–Crippen MR) is 121 cm³/mol. The zero-order valence-corrected chi connectivity index (χ0v) is 20.7. The first kappa shape index (κ1) is 26.2. The third-order valence-electron chi connectivity index (χ3n) is 5.11. The van der Waals surface area contributed by atoms with Gasteiger partial charge in [-0.05, 0) is 43.0 Å². The van der Waals surface area contributed by atoms with E-state index in [0.29, 0.717) is 18.7 Å². The van der Waals surface area contributed by atoms with Crippen molar-refractivity contribution in [2.24, 2.45) is 5.92 Å². The first-order valence-electron chi connectivity index (χ1n) is 10.8. The molecule has 1 aromatic rings. The first-order chi connectivity index (χ1) is 15.2. The first-order valence-corrected chi connectivity index (χ1v) is 12.6. The van der Waals surface area contributed by atoms with Gasteiger partial charge in [-0.1, -0.05) is 19.9 Å². The second kappa shape index (κ2) is 11.7. The van der Waals surface area contributed by atoms with E-state index in [9.17, 15) is 14.2 Å². The fourth-order valence-corrected chi connectivity index (χ4v) is 5.45. The largest absolute Gasteiger partial charge is 0.497 e. The maximum atomic E-state index is 13.7. The molecule has 0 aliphatic carbocycles. The Balaban J connectivity index is 2.41. The maximum absolute atomic E-state index is 13.7. The molecule has 0 bridgehead atoms. The minimum absolute atomic E-state index is 0.101. The number of urea groups is 1. The second-order valence-corrected chi connectivity index (χ2v) is 10.0. The van der Waals surface area contributed by atoms with Gasteiger partial charge in [0.2, 0.25) is 0 Å². The van der Waals surface area contributed by atoms with Crippen molar-refractivity contribution < 1.29 is 32.7 Å². The minimum atomic E-state index is -3.52. The highest BCUT2D eigenvalue weighted by Gasteiger charge is 2.40. The molecule has 0 radical (unpaired) electrons. The lowest BCUT2D eigenvalue weighted by Crippen LogP contribution is -2.54. The summed E-state index contributed by atoms with van der Waals surface area (Å²) in [6.07, 6.45) is 0.128. The summed E-state index contributed by atoms with van der Waals surface area (Å²) in [6, 6.07) is 4.39. The van der Waals surface area contributed by atoms with Crippen LogP contribution < -0.4 is 4.74 Å². The molecule has 1 aliphatic rings. The zero-order chi connectivity index (χ0) is 23.9. The second-order valence-electron chi connectivity index (χ2n) is 7.99. The third kappa shape index (κ3) is 6.47. The lowest BCUT2D eigenvalue weighted by atomic mass is 9.94. The number of carbonyl (C=O) groups excluding carboxylic acids is 2. The Labute approximate surface area is 190 Å². The van der Waals surface area contributed by atoms with E-state index in [1.54, 1.807) is 21.0 Å². The van der Waals surface area contributed by atoms with Crippen LogP contribution in [0.4, 0.5) is 4.79 Å². The number of hydrogen-bond donors (Lipinski definition) is 0. The Hall–Kier alpha value is -2.09. The van der Waals surface area contributed by atoms with Gasteiger partial charge < -0.3 is 28.3 Å². The number of esters is 1.